The van der Waals surface area contributed by atoms with Gasteiger partial charge in [0.25, 0.3) is 5.56 Å². The molecule has 1 aliphatic rings. The molecule has 33 heavy (non-hydrogen) atoms. The maximum atomic E-state index is 13.4. The average Bonchev–Trinajstić information content (AvgIpc) is 2.83. The molecule has 1 fully saturated rings. The molecule has 1 aromatic heterocycles. The van der Waals surface area contributed by atoms with E-state index in [1.54, 1.807) is 17.0 Å². The van der Waals surface area contributed by atoms with Crippen LogP contribution in [0, 0.1) is 5.82 Å². The fourth-order valence-corrected chi connectivity index (χ4v) is 3.91. The molecule has 0 atom stereocenters. The molecule has 4 rings (SSSR count). The molecule has 7 nitrogen and oxygen atoms in total. The van der Waals surface area contributed by atoms with Gasteiger partial charge < -0.3 is 14.5 Å². The summed E-state index contributed by atoms with van der Waals surface area (Å²) in [5.74, 6) is 0.147. The first kappa shape index (κ1) is 22.8. The molecule has 0 spiro atoms. The molecule has 1 saturated heterocycles. The number of carbonyl (C=O) groups excluding carboxylic acids is 1. The highest BCUT2D eigenvalue weighted by molar-refractivity contribution is 6.31. The summed E-state index contributed by atoms with van der Waals surface area (Å²) in [4.78, 5) is 33.4. The highest BCUT2D eigenvalue weighted by Gasteiger charge is 2.22. The number of anilines is 1. The number of aromatic nitrogens is 2. The second-order valence-electron chi connectivity index (χ2n) is 7.66. The topological polar surface area (TPSA) is 67.7 Å². The highest BCUT2D eigenvalue weighted by Crippen LogP contribution is 2.24. The molecule has 172 valence electrons. The Balaban J connectivity index is 1.36. The quantitative estimate of drug-likeness (QED) is 0.552. The van der Waals surface area contributed by atoms with Crippen molar-refractivity contribution in [1.29, 1.82) is 0 Å². The summed E-state index contributed by atoms with van der Waals surface area (Å²) in [6.45, 7) is 4.61. The minimum absolute atomic E-state index is 0.0717. The number of hydrogen-bond donors (Lipinski definition) is 0. The number of nitrogens with zero attached hydrogens (tertiary/aromatic N) is 4. The van der Waals surface area contributed by atoms with Gasteiger partial charge in [0.1, 0.15) is 18.1 Å². The molecule has 0 unspecified atom stereocenters. The van der Waals surface area contributed by atoms with Gasteiger partial charge in [-0.3, -0.25) is 14.2 Å². The van der Waals surface area contributed by atoms with Gasteiger partial charge in [0.05, 0.1) is 23.7 Å². The molecular weight excluding hydrogens is 447 g/mol. The average molecular weight is 471 g/mol. The number of hydrogen-bond acceptors (Lipinski definition) is 5. The summed E-state index contributed by atoms with van der Waals surface area (Å²) in [6.07, 6.45) is 1.41. The van der Waals surface area contributed by atoms with Crippen LogP contribution < -0.4 is 15.2 Å². The smallest absolute Gasteiger partial charge is 0.254 e. The lowest BCUT2D eigenvalue weighted by atomic mass is 10.1. The van der Waals surface area contributed by atoms with Crippen molar-refractivity contribution in [3.05, 3.63) is 76.1 Å². The van der Waals surface area contributed by atoms with Crippen LogP contribution in [0.4, 0.5) is 10.1 Å². The Morgan fingerprint density at radius 3 is 2.45 bits per heavy atom. The number of ether oxygens (including phenoxy) is 1. The number of halogens is 2. The Morgan fingerprint density at radius 2 is 1.82 bits per heavy atom. The minimum atomic E-state index is -0.457. The molecule has 0 radical (unpaired) electrons. The summed E-state index contributed by atoms with van der Waals surface area (Å²) >= 11 is 5.88. The molecule has 3 aromatic rings. The van der Waals surface area contributed by atoms with Crippen LogP contribution >= 0.6 is 11.6 Å². The second kappa shape index (κ2) is 10.0. The van der Waals surface area contributed by atoms with E-state index in [-0.39, 0.29) is 23.0 Å². The van der Waals surface area contributed by atoms with Crippen LogP contribution in [-0.2, 0) is 11.3 Å². The normalized spacial score (nSPS) is 13.8. The zero-order valence-electron chi connectivity index (χ0n) is 18.2. The maximum Gasteiger partial charge on any atom is 0.254 e. The van der Waals surface area contributed by atoms with E-state index in [9.17, 15) is 14.0 Å². The van der Waals surface area contributed by atoms with Crippen molar-refractivity contribution in [2.75, 3.05) is 37.7 Å². The van der Waals surface area contributed by atoms with E-state index in [1.807, 2.05) is 31.2 Å². The van der Waals surface area contributed by atoms with Crippen molar-refractivity contribution in [3.63, 3.8) is 0 Å². The van der Waals surface area contributed by atoms with E-state index in [0.717, 1.165) is 17.0 Å². The van der Waals surface area contributed by atoms with Crippen molar-refractivity contribution in [1.82, 2.24) is 14.5 Å². The summed E-state index contributed by atoms with van der Waals surface area (Å²) < 4.78 is 20.1. The van der Waals surface area contributed by atoms with Crippen LogP contribution in [0.1, 0.15) is 6.92 Å². The predicted octanol–water partition coefficient (Wildman–Crippen LogP) is 3.45. The van der Waals surface area contributed by atoms with Gasteiger partial charge in [0.15, 0.2) is 0 Å². The minimum Gasteiger partial charge on any atom is -0.494 e. The highest BCUT2D eigenvalue weighted by atomic mass is 35.5. The number of amides is 1. The first-order valence-electron chi connectivity index (χ1n) is 10.7. The van der Waals surface area contributed by atoms with Gasteiger partial charge >= 0.3 is 0 Å². The molecule has 2 aromatic carbocycles. The van der Waals surface area contributed by atoms with Crippen LogP contribution in [0.2, 0.25) is 5.02 Å². The third-order valence-electron chi connectivity index (χ3n) is 5.55. The van der Waals surface area contributed by atoms with E-state index in [1.165, 1.54) is 23.0 Å². The molecule has 0 saturated carbocycles. The molecule has 1 amide bonds. The Morgan fingerprint density at radius 1 is 1.09 bits per heavy atom. The summed E-state index contributed by atoms with van der Waals surface area (Å²) in [7, 11) is 0. The van der Waals surface area contributed by atoms with E-state index in [2.05, 4.69) is 9.88 Å². The monoisotopic (exact) mass is 470 g/mol. The van der Waals surface area contributed by atoms with Gasteiger partial charge in [-0.1, -0.05) is 11.6 Å². The Hall–Kier alpha value is -3.39. The number of benzene rings is 2. The fourth-order valence-electron chi connectivity index (χ4n) is 3.73. The van der Waals surface area contributed by atoms with Crippen LogP contribution in [-0.4, -0.2) is 53.1 Å². The molecular formula is C24H24ClFN4O3. The van der Waals surface area contributed by atoms with E-state index >= 15 is 0 Å². The molecule has 0 N–H and O–H groups in total. The van der Waals surface area contributed by atoms with Crippen LogP contribution in [0.15, 0.2) is 59.7 Å². The van der Waals surface area contributed by atoms with Crippen molar-refractivity contribution in [2.24, 2.45) is 0 Å². The zero-order valence-corrected chi connectivity index (χ0v) is 19.0. The zero-order chi connectivity index (χ0) is 23.4. The first-order chi connectivity index (χ1) is 15.9. The van der Waals surface area contributed by atoms with Gasteiger partial charge in [-0.05, 0) is 49.4 Å². The molecule has 0 bridgehead atoms. The summed E-state index contributed by atoms with van der Waals surface area (Å²) in [6, 6.07) is 13.4. The molecule has 0 aliphatic carbocycles. The standard InChI is InChI=1S/C24H24ClFN4O3/c1-2-33-19-6-3-17(4-7-19)22-14-23(31)30(16-27-22)15-24(32)29-11-9-28(10-12-29)18-5-8-21(26)20(25)13-18/h3-8,13-14,16H,2,9-12,15H2,1H3. The number of carbonyl (C=O) groups is 1. The van der Waals surface area contributed by atoms with Gasteiger partial charge in [0.2, 0.25) is 5.91 Å². The van der Waals surface area contributed by atoms with E-state index in [0.29, 0.717) is 38.5 Å². The maximum absolute atomic E-state index is 13.4. The lowest BCUT2D eigenvalue weighted by Gasteiger charge is -2.36. The molecule has 1 aliphatic heterocycles. The van der Waals surface area contributed by atoms with Gasteiger partial charge in [-0.25, -0.2) is 9.37 Å². The number of rotatable bonds is 6. The van der Waals surface area contributed by atoms with Gasteiger partial charge in [0, 0.05) is 43.5 Å². The first-order valence-corrected chi connectivity index (χ1v) is 11.1. The lowest BCUT2D eigenvalue weighted by Crippen LogP contribution is -2.50. The Bertz CT molecular complexity index is 1190. The molecule has 2 heterocycles. The third-order valence-corrected chi connectivity index (χ3v) is 5.84. The van der Waals surface area contributed by atoms with Crippen LogP contribution in [0.25, 0.3) is 11.3 Å². The fraction of sp³-hybridized carbons (Fsp3) is 0.292. The van der Waals surface area contributed by atoms with Crippen molar-refractivity contribution in [2.45, 2.75) is 13.5 Å². The largest absolute Gasteiger partial charge is 0.494 e. The van der Waals surface area contributed by atoms with Crippen LogP contribution in [0.3, 0.4) is 0 Å². The van der Waals surface area contributed by atoms with Crippen molar-refractivity contribution < 1.29 is 13.9 Å². The Kier molecular flexibility index (Phi) is 6.93. The summed E-state index contributed by atoms with van der Waals surface area (Å²) in [5, 5.41) is 0.0755. The molecule has 9 heteroatoms. The van der Waals surface area contributed by atoms with E-state index in [4.69, 9.17) is 16.3 Å². The van der Waals surface area contributed by atoms with Crippen molar-refractivity contribution in [3.8, 4) is 17.0 Å². The van der Waals surface area contributed by atoms with Crippen LogP contribution in [0.5, 0.6) is 5.75 Å². The van der Waals surface area contributed by atoms with Crippen molar-refractivity contribution >= 4 is 23.2 Å². The number of piperazine rings is 1. The summed E-state index contributed by atoms with van der Waals surface area (Å²) in [5.41, 5.74) is 1.87. The van der Waals surface area contributed by atoms with Gasteiger partial charge in [-0.2, -0.15) is 0 Å². The predicted molar refractivity (Wildman–Crippen MR) is 125 cm³/mol. The third kappa shape index (κ3) is 5.34. The SMILES string of the molecule is CCOc1ccc(-c2cc(=O)n(CC(=O)N3CCN(c4ccc(F)c(Cl)c4)CC3)cn2)cc1. The Labute approximate surface area is 196 Å². The van der Waals surface area contributed by atoms with E-state index < -0.39 is 5.82 Å². The second-order valence-corrected chi connectivity index (χ2v) is 8.07. The lowest BCUT2D eigenvalue weighted by molar-refractivity contribution is -0.132. The van der Waals surface area contributed by atoms with Gasteiger partial charge in [-0.15, -0.1) is 0 Å².